The molecule has 3 aromatic rings. The van der Waals surface area contributed by atoms with E-state index in [2.05, 4.69) is 78.6 Å². The fraction of sp³-hybridized carbons (Fsp3) is 0.200. The van der Waals surface area contributed by atoms with Crippen LogP contribution in [0.4, 0.5) is 5.69 Å². The molecule has 0 unspecified atom stereocenters. The summed E-state index contributed by atoms with van der Waals surface area (Å²) in [6.07, 6.45) is 0.220. The number of fused-ring (bicyclic) bond motifs is 3. The van der Waals surface area contributed by atoms with Gasteiger partial charge in [0.15, 0.2) is 0 Å². The van der Waals surface area contributed by atoms with Gasteiger partial charge in [0, 0.05) is 5.69 Å². The van der Waals surface area contributed by atoms with Gasteiger partial charge in [-0.15, -0.1) is 0 Å². The van der Waals surface area contributed by atoms with Gasteiger partial charge in [-0.05, 0) is 41.0 Å². The van der Waals surface area contributed by atoms with Crippen LogP contribution < -0.4 is 4.90 Å². The van der Waals surface area contributed by atoms with Crippen molar-refractivity contribution in [3.8, 4) is 0 Å². The molecular weight excluding hydrogens is 270 g/mol. The molecule has 108 valence electrons. The minimum Gasteiger partial charge on any atom is -0.348 e. The Hall–Kier alpha value is -2.32. The van der Waals surface area contributed by atoms with Gasteiger partial charge in [0.1, 0.15) is 12.3 Å². The summed E-state index contributed by atoms with van der Waals surface area (Å²) in [5, 5.41) is 2.70. The second-order valence-corrected chi connectivity index (χ2v) is 6.14. The van der Waals surface area contributed by atoms with Crippen LogP contribution in [0.5, 0.6) is 0 Å². The fourth-order valence-electron chi connectivity index (χ4n) is 4.13. The van der Waals surface area contributed by atoms with Crippen LogP contribution in [0.25, 0.3) is 10.8 Å². The molecule has 0 spiro atoms. The molecule has 0 radical (unpaired) electrons. The molecule has 2 heteroatoms. The summed E-state index contributed by atoms with van der Waals surface area (Å²) < 4.78 is 6.35. The first-order chi connectivity index (χ1) is 10.8. The van der Waals surface area contributed by atoms with Crippen molar-refractivity contribution in [1.82, 2.24) is 0 Å². The summed E-state index contributed by atoms with van der Waals surface area (Å²) in [5.74, 6) is 0. The van der Waals surface area contributed by atoms with E-state index in [0.29, 0.717) is 0 Å². The zero-order valence-electron chi connectivity index (χ0n) is 12.4. The fourth-order valence-corrected chi connectivity index (χ4v) is 4.13. The maximum atomic E-state index is 6.35. The van der Waals surface area contributed by atoms with Gasteiger partial charge in [-0.2, -0.15) is 0 Å². The van der Waals surface area contributed by atoms with E-state index in [9.17, 15) is 0 Å². The minimum atomic E-state index is 0.0843. The highest BCUT2D eigenvalue weighted by molar-refractivity contribution is 5.92. The Morgan fingerprint density at radius 3 is 2.32 bits per heavy atom. The number of hydrogen-bond acceptors (Lipinski definition) is 2. The van der Waals surface area contributed by atoms with E-state index in [1.807, 2.05) is 0 Å². The lowest BCUT2D eigenvalue weighted by molar-refractivity contribution is 0.0544. The van der Waals surface area contributed by atoms with Crippen LogP contribution in [-0.2, 0) is 4.74 Å². The molecule has 0 amide bonds. The molecule has 1 heterocycles. The van der Waals surface area contributed by atoms with Crippen LogP contribution >= 0.6 is 0 Å². The third-order valence-electron chi connectivity index (χ3n) is 4.97. The second-order valence-electron chi connectivity index (χ2n) is 6.14. The monoisotopic (exact) mass is 287 g/mol. The maximum absolute atomic E-state index is 6.35. The van der Waals surface area contributed by atoms with Gasteiger partial charge in [-0.25, -0.2) is 0 Å². The predicted molar refractivity (Wildman–Crippen MR) is 88.9 cm³/mol. The standard InChI is InChI=1S/C20H17NO/c1-13-21(15-9-3-2-4-10-15)19-16-11-5-7-14-8-6-12-17(18(14)16)20(19)22-13/h2-13,19-20H,1H3/t13-,19-,20-/m0/s1. The number of para-hydroxylation sites is 1. The van der Waals surface area contributed by atoms with Gasteiger partial charge in [-0.3, -0.25) is 0 Å². The SMILES string of the molecule is C[C@@H]1O[C@H]2c3cccc4cccc(c34)[C@@H]2N1c1ccccc1. The van der Waals surface area contributed by atoms with Gasteiger partial charge >= 0.3 is 0 Å². The molecule has 1 aliphatic carbocycles. The topological polar surface area (TPSA) is 12.5 Å². The number of nitrogens with zero attached hydrogens (tertiary/aromatic N) is 1. The molecule has 2 nitrogen and oxygen atoms in total. The molecule has 1 fully saturated rings. The predicted octanol–water partition coefficient (Wildman–Crippen LogP) is 4.82. The van der Waals surface area contributed by atoms with E-state index in [0.717, 1.165) is 0 Å². The average Bonchev–Trinajstić information content (AvgIpc) is 3.05. The van der Waals surface area contributed by atoms with E-state index in [4.69, 9.17) is 4.74 Å². The lowest BCUT2D eigenvalue weighted by Crippen LogP contribution is -2.29. The van der Waals surface area contributed by atoms with Gasteiger partial charge in [-0.1, -0.05) is 54.6 Å². The first-order valence-corrected chi connectivity index (χ1v) is 7.85. The number of rotatable bonds is 1. The maximum Gasteiger partial charge on any atom is 0.128 e. The molecule has 1 aliphatic heterocycles. The zero-order valence-corrected chi connectivity index (χ0v) is 12.4. The Labute approximate surface area is 129 Å². The quantitative estimate of drug-likeness (QED) is 0.636. The molecule has 5 rings (SSSR count). The molecule has 0 saturated carbocycles. The summed E-state index contributed by atoms with van der Waals surface area (Å²) in [7, 11) is 0. The Balaban J connectivity index is 1.74. The number of ether oxygens (including phenoxy) is 1. The van der Waals surface area contributed by atoms with E-state index in [-0.39, 0.29) is 18.4 Å². The molecule has 0 N–H and O–H groups in total. The summed E-state index contributed by atoms with van der Waals surface area (Å²) >= 11 is 0. The van der Waals surface area contributed by atoms with Crippen LogP contribution in [0.1, 0.15) is 30.2 Å². The highest BCUT2D eigenvalue weighted by atomic mass is 16.5. The number of benzene rings is 3. The van der Waals surface area contributed by atoms with Crippen molar-refractivity contribution in [2.24, 2.45) is 0 Å². The van der Waals surface area contributed by atoms with Crippen molar-refractivity contribution < 1.29 is 4.74 Å². The van der Waals surface area contributed by atoms with Crippen LogP contribution in [0.2, 0.25) is 0 Å². The summed E-state index contributed by atoms with van der Waals surface area (Å²) in [5.41, 5.74) is 3.96. The van der Waals surface area contributed by atoms with Crippen LogP contribution in [-0.4, -0.2) is 6.23 Å². The minimum absolute atomic E-state index is 0.0843. The van der Waals surface area contributed by atoms with Crippen LogP contribution in [0.15, 0.2) is 66.7 Å². The van der Waals surface area contributed by atoms with Crippen molar-refractivity contribution in [2.45, 2.75) is 25.3 Å². The van der Waals surface area contributed by atoms with Crippen molar-refractivity contribution in [2.75, 3.05) is 4.90 Å². The molecule has 3 atom stereocenters. The second kappa shape index (κ2) is 4.34. The Bertz CT molecular complexity index is 853. The largest absolute Gasteiger partial charge is 0.348 e. The van der Waals surface area contributed by atoms with E-state index >= 15 is 0 Å². The molecule has 22 heavy (non-hydrogen) atoms. The molecule has 0 aromatic heterocycles. The number of hydrogen-bond donors (Lipinski definition) is 0. The van der Waals surface area contributed by atoms with E-state index in [1.165, 1.54) is 27.6 Å². The highest BCUT2D eigenvalue weighted by Crippen LogP contribution is 2.54. The molecule has 0 bridgehead atoms. The summed E-state index contributed by atoms with van der Waals surface area (Å²) in [6, 6.07) is 24.0. The Kier molecular flexibility index (Phi) is 2.42. The van der Waals surface area contributed by atoms with Crippen LogP contribution in [0.3, 0.4) is 0 Å². The van der Waals surface area contributed by atoms with E-state index in [1.54, 1.807) is 0 Å². The van der Waals surface area contributed by atoms with E-state index < -0.39 is 0 Å². The molecular formula is C20H17NO. The van der Waals surface area contributed by atoms with Crippen molar-refractivity contribution >= 4 is 16.5 Å². The van der Waals surface area contributed by atoms with Gasteiger partial charge < -0.3 is 9.64 Å². The normalized spacial score (nSPS) is 25.7. The van der Waals surface area contributed by atoms with Crippen molar-refractivity contribution in [1.29, 1.82) is 0 Å². The molecule has 2 aliphatic rings. The van der Waals surface area contributed by atoms with Gasteiger partial charge in [0.25, 0.3) is 0 Å². The molecule has 1 saturated heterocycles. The third kappa shape index (κ3) is 1.48. The summed E-state index contributed by atoms with van der Waals surface area (Å²) in [4.78, 5) is 2.42. The lowest BCUT2D eigenvalue weighted by atomic mass is 10.0. The van der Waals surface area contributed by atoms with Crippen LogP contribution in [0, 0.1) is 0 Å². The van der Waals surface area contributed by atoms with Crippen molar-refractivity contribution in [3.05, 3.63) is 77.9 Å². The first kappa shape index (κ1) is 12.2. The molecule has 3 aromatic carbocycles. The average molecular weight is 287 g/mol. The Morgan fingerprint density at radius 1 is 0.818 bits per heavy atom. The lowest BCUT2D eigenvalue weighted by Gasteiger charge is -2.28. The zero-order chi connectivity index (χ0) is 14.7. The highest BCUT2D eigenvalue weighted by Gasteiger charge is 2.47. The third-order valence-corrected chi connectivity index (χ3v) is 4.97. The first-order valence-electron chi connectivity index (χ1n) is 7.85. The van der Waals surface area contributed by atoms with Gasteiger partial charge in [0.2, 0.25) is 0 Å². The van der Waals surface area contributed by atoms with Gasteiger partial charge in [0.05, 0.1) is 6.04 Å². The Morgan fingerprint density at radius 2 is 1.55 bits per heavy atom. The number of anilines is 1. The smallest absolute Gasteiger partial charge is 0.128 e. The van der Waals surface area contributed by atoms with Crippen molar-refractivity contribution in [3.63, 3.8) is 0 Å². The summed E-state index contributed by atoms with van der Waals surface area (Å²) in [6.45, 7) is 2.15.